The van der Waals surface area contributed by atoms with Crippen molar-refractivity contribution in [3.05, 3.63) is 83.6 Å². The highest BCUT2D eigenvalue weighted by atomic mass is 32.2. The fraction of sp³-hybridized carbons (Fsp3) is 0.182. The summed E-state index contributed by atoms with van der Waals surface area (Å²) in [4.78, 5) is 16.8. The zero-order valence-electron chi connectivity index (χ0n) is 15.9. The molecule has 2 heterocycles. The lowest BCUT2D eigenvalue weighted by Gasteiger charge is -2.26. The number of hydrogen-bond acceptors (Lipinski definition) is 5. The zero-order chi connectivity index (χ0) is 20.4. The molecule has 2 aromatic carbocycles. The lowest BCUT2D eigenvalue weighted by Crippen LogP contribution is -2.33. The number of anilines is 2. The Balaban J connectivity index is 1.50. The Kier molecular flexibility index (Phi) is 5.07. The van der Waals surface area contributed by atoms with Crippen molar-refractivity contribution in [3.8, 4) is 0 Å². The second kappa shape index (κ2) is 7.67. The number of aryl methyl sites for hydroxylation is 2. The van der Waals surface area contributed by atoms with E-state index in [-0.39, 0.29) is 10.8 Å². The predicted octanol–water partition coefficient (Wildman–Crippen LogP) is 3.80. The highest BCUT2D eigenvalue weighted by Gasteiger charge is 2.30. The third-order valence-corrected chi connectivity index (χ3v) is 6.99. The molecule has 0 radical (unpaired) electrons. The topological polar surface area (TPSA) is 88.2 Å². The molecule has 3 aromatic rings. The second-order valence-electron chi connectivity index (χ2n) is 7.02. The van der Waals surface area contributed by atoms with E-state index in [1.165, 1.54) is 24.3 Å². The largest absolute Gasteiger partial charge is 0.369 e. The molecular weight excluding hydrogens is 386 g/mol. The van der Waals surface area contributed by atoms with Crippen LogP contribution in [0.4, 0.5) is 11.5 Å². The number of aromatic nitrogens is 1. The van der Waals surface area contributed by atoms with Gasteiger partial charge in [0.25, 0.3) is 5.91 Å². The van der Waals surface area contributed by atoms with Crippen molar-refractivity contribution in [1.82, 2.24) is 4.98 Å². The Hall–Kier alpha value is -3.19. The summed E-state index contributed by atoms with van der Waals surface area (Å²) in [5.74, 6) is 0.119. The molecule has 0 saturated carbocycles. The molecule has 0 bridgehead atoms. The Morgan fingerprint density at radius 3 is 2.55 bits per heavy atom. The molecule has 7 heteroatoms. The van der Waals surface area contributed by atoms with E-state index in [1.54, 1.807) is 6.07 Å². The van der Waals surface area contributed by atoms with Gasteiger partial charge in [0.05, 0.1) is 4.90 Å². The van der Waals surface area contributed by atoms with Gasteiger partial charge in [-0.2, -0.15) is 0 Å². The third kappa shape index (κ3) is 4.00. The standard InChI is InChI=1S/C22H21N3O3S/c1-15-5-4-8-20(23-15)25-22(26)17-9-12-18(13-10-17)29(27,28)21-14-11-16-6-2-3-7-19(16)24-21/h2-10,12-13,21,24H,11,14H2,1H3,(H,23,25,26). The SMILES string of the molecule is Cc1cccc(NC(=O)c2ccc(S(=O)(=O)C3CCc4ccccc4N3)cc2)n1. The van der Waals surface area contributed by atoms with Gasteiger partial charge in [-0.3, -0.25) is 4.79 Å². The Morgan fingerprint density at radius 2 is 1.79 bits per heavy atom. The number of nitrogens with zero attached hydrogens (tertiary/aromatic N) is 1. The van der Waals surface area contributed by atoms with Crippen LogP contribution in [0.2, 0.25) is 0 Å². The average Bonchev–Trinajstić information content (AvgIpc) is 2.73. The van der Waals surface area contributed by atoms with Gasteiger partial charge in [-0.05, 0) is 67.8 Å². The van der Waals surface area contributed by atoms with E-state index in [0.29, 0.717) is 24.2 Å². The van der Waals surface area contributed by atoms with Gasteiger partial charge in [-0.1, -0.05) is 24.3 Å². The Bertz CT molecular complexity index is 1160. The van der Waals surface area contributed by atoms with Crippen LogP contribution in [0.15, 0.2) is 71.6 Å². The molecule has 1 aliphatic heterocycles. The van der Waals surface area contributed by atoms with Gasteiger partial charge in [-0.25, -0.2) is 13.4 Å². The van der Waals surface area contributed by atoms with Crippen molar-refractivity contribution in [2.24, 2.45) is 0 Å². The van der Waals surface area contributed by atoms with E-state index >= 15 is 0 Å². The van der Waals surface area contributed by atoms with Crippen LogP contribution < -0.4 is 10.6 Å². The summed E-state index contributed by atoms with van der Waals surface area (Å²) < 4.78 is 26.1. The molecule has 6 nitrogen and oxygen atoms in total. The molecule has 1 aromatic heterocycles. The maximum Gasteiger partial charge on any atom is 0.256 e. The molecule has 1 aliphatic rings. The van der Waals surface area contributed by atoms with Gasteiger partial charge < -0.3 is 10.6 Å². The van der Waals surface area contributed by atoms with Crippen LogP contribution >= 0.6 is 0 Å². The smallest absolute Gasteiger partial charge is 0.256 e. The monoisotopic (exact) mass is 407 g/mol. The normalized spacial score (nSPS) is 15.8. The van der Waals surface area contributed by atoms with Crippen molar-refractivity contribution in [1.29, 1.82) is 0 Å². The number of carbonyl (C=O) groups excluding carboxylic acids is 1. The van der Waals surface area contributed by atoms with Gasteiger partial charge in [0.1, 0.15) is 11.2 Å². The zero-order valence-corrected chi connectivity index (χ0v) is 16.7. The van der Waals surface area contributed by atoms with Crippen LogP contribution in [0.5, 0.6) is 0 Å². The van der Waals surface area contributed by atoms with Gasteiger partial charge in [-0.15, -0.1) is 0 Å². The van der Waals surface area contributed by atoms with Crippen molar-refractivity contribution in [2.45, 2.75) is 30.0 Å². The first-order valence-corrected chi connectivity index (χ1v) is 10.9. The molecule has 1 unspecified atom stereocenters. The number of rotatable bonds is 4. The van der Waals surface area contributed by atoms with Gasteiger partial charge in [0.15, 0.2) is 9.84 Å². The number of para-hydroxylation sites is 1. The first-order valence-electron chi connectivity index (χ1n) is 9.37. The molecule has 0 spiro atoms. The predicted molar refractivity (Wildman–Crippen MR) is 113 cm³/mol. The minimum Gasteiger partial charge on any atom is -0.369 e. The van der Waals surface area contributed by atoms with E-state index in [4.69, 9.17) is 0 Å². The molecule has 148 valence electrons. The third-order valence-electron chi connectivity index (χ3n) is 4.96. The quantitative estimate of drug-likeness (QED) is 0.687. The summed E-state index contributed by atoms with van der Waals surface area (Å²) in [6.45, 7) is 1.84. The summed E-state index contributed by atoms with van der Waals surface area (Å²) in [7, 11) is -3.57. The number of benzene rings is 2. The summed E-state index contributed by atoms with van der Waals surface area (Å²) in [6.07, 6.45) is 1.21. The summed E-state index contributed by atoms with van der Waals surface area (Å²) in [5, 5.41) is 5.17. The van der Waals surface area contributed by atoms with Crippen LogP contribution in [0.3, 0.4) is 0 Å². The molecule has 4 rings (SSSR count). The lowest BCUT2D eigenvalue weighted by atomic mass is 10.0. The average molecular weight is 407 g/mol. The van der Waals surface area contributed by atoms with Crippen molar-refractivity contribution in [3.63, 3.8) is 0 Å². The first-order chi connectivity index (χ1) is 13.9. The maximum absolute atomic E-state index is 13.0. The number of amides is 1. The van der Waals surface area contributed by atoms with E-state index in [9.17, 15) is 13.2 Å². The molecule has 1 atom stereocenters. The molecule has 0 saturated heterocycles. The molecule has 1 amide bonds. The maximum atomic E-state index is 13.0. The fourth-order valence-corrected chi connectivity index (χ4v) is 4.96. The number of sulfone groups is 1. The highest BCUT2D eigenvalue weighted by molar-refractivity contribution is 7.92. The number of nitrogens with one attached hydrogen (secondary N) is 2. The lowest BCUT2D eigenvalue weighted by molar-refractivity contribution is 0.102. The molecule has 2 N–H and O–H groups in total. The Morgan fingerprint density at radius 1 is 1.03 bits per heavy atom. The first kappa shape index (κ1) is 19.1. The molecule has 29 heavy (non-hydrogen) atoms. The number of carbonyl (C=O) groups is 1. The van der Waals surface area contributed by atoms with Crippen molar-refractivity contribution < 1.29 is 13.2 Å². The van der Waals surface area contributed by atoms with Crippen LogP contribution in [0, 0.1) is 6.92 Å². The van der Waals surface area contributed by atoms with Gasteiger partial charge >= 0.3 is 0 Å². The number of pyridine rings is 1. The Labute approximate surface area is 169 Å². The van der Waals surface area contributed by atoms with Crippen LogP contribution in [0.1, 0.15) is 28.0 Å². The van der Waals surface area contributed by atoms with Crippen molar-refractivity contribution >= 4 is 27.2 Å². The minimum atomic E-state index is -3.57. The van der Waals surface area contributed by atoms with Crippen LogP contribution in [0.25, 0.3) is 0 Å². The minimum absolute atomic E-state index is 0.194. The number of hydrogen-bond donors (Lipinski definition) is 2. The molecule has 0 fully saturated rings. The van der Waals surface area contributed by atoms with Crippen LogP contribution in [-0.4, -0.2) is 24.7 Å². The van der Waals surface area contributed by atoms with Gasteiger partial charge in [0.2, 0.25) is 0 Å². The highest BCUT2D eigenvalue weighted by Crippen LogP contribution is 2.29. The fourth-order valence-electron chi connectivity index (χ4n) is 3.41. The van der Waals surface area contributed by atoms with Crippen LogP contribution in [-0.2, 0) is 16.3 Å². The molecular formula is C22H21N3O3S. The second-order valence-corrected chi connectivity index (χ2v) is 9.15. The summed E-state index contributed by atoms with van der Waals surface area (Å²) >= 11 is 0. The molecule has 0 aliphatic carbocycles. The van der Waals surface area contributed by atoms with Crippen molar-refractivity contribution in [2.75, 3.05) is 10.6 Å². The summed E-state index contributed by atoms with van der Waals surface area (Å²) in [5.41, 5.74) is 3.14. The van der Waals surface area contributed by atoms with E-state index in [2.05, 4.69) is 15.6 Å². The van der Waals surface area contributed by atoms with Gasteiger partial charge in [0, 0.05) is 16.9 Å². The number of fused-ring (bicyclic) bond motifs is 1. The van der Waals surface area contributed by atoms with E-state index in [1.807, 2.05) is 43.3 Å². The summed E-state index contributed by atoms with van der Waals surface area (Å²) in [6, 6.07) is 19.1. The van der Waals surface area contributed by atoms with E-state index in [0.717, 1.165) is 16.9 Å². The van der Waals surface area contributed by atoms with E-state index < -0.39 is 15.2 Å².